The van der Waals surface area contributed by atoms with Gasteiger partial charge in [0, 0.05) is 18.4 Å². The average molecular weight is 586 g/mol. The summed E-state index contributed by atoms with van der Waals surface area (Å²) in [6.07, 6.45) is -3.21. The third kappa shape index (κ3) is 5.13. The molecule has 1 aliphatic heterocycles. The zero-order valence-corrected chi connectivity index (χ0v) is 22.3. The molecule has 2 amide bonds. The zero-order chi connectivity index (χ0) is 30.0. The summed E-state index contributed by atoms with van der Waals surface area (Å²) in [7, 11) is 0. The molecule has 4 atom stereocenters. The van der Waals surface area contributed by atoms with Gasteiger partial charge in [0.2, 0.25) is 11.8 Å². The minimum Gasteiger partial charge on any atom is -0.384 e. The Labute approximate surface area is 229 Å². The van der Waals surface area contributed by atoms with Gasteiger partial charge in [-0.05, 0) is 57.2 Å². The number of halogens is 5. The van der Waals surface area contributed by atoms with Crippen molar-refractivity contribution in [3.63, 3.8) is 0 Å². The number of nitrogens with zero attached hydrogens (tertiary/aromatic N) is 5. The molecule has 2 fully saturated rings. The summed E-state index contributed by atoms with van der Waals surface area (Å²) in [4.78, 5) is 30.1. The number of alkyl halides is 5. The van der Waals surface area contributed by atoms with Crippen molar-refractivity contribution in [1.29, 1.82) is 0 Å². The number of rotatable bonds is 6. The number of carbonyl (C=O) groups excluding carboxylic acids is 2. The topological polar surface area (TPSA) is 148 Å². The molecule has 3 N–H and O–H groups in total. The van der Waals surface area contributed by atoms with Crippen molar-refractivity contribution < 1.29 is 41.3 Å². The zero-order valence-electron chi connectivity index (χ0n) is 22.3. The van der Waals surface area contributed by atoms with Crippen LogP contribution in [0.15, 0.2) is 23.1 Å². The predicted octanol–water partition coefficient (Wildman–Crippen LogP) is 3.38. The summed E-state index contributed by atoms with van der Waals surface area (Å²) in [6, 6.07) is -1.56. The molecule has 0 radical (unpaired) electrons. The first kappa shape index (κ1) is 28.8. The van der Waals surface area contributed by atoms with Crippen molar-refractivity contribution in [3.05, 3.63) is 41.1 Å². The number of carbonyl (C=O) groups is 2. The second-order valence-corrected chi connectivity index (χ2v) is 11.2. The predicted molar refractivity (Wildman–Crippen MR) is 129 cm³/mol. The maximum atomic E-state index is 13.9. The van der Waals surface area contributed by atoms with E-state index in [9.17, 15) is 36.6 Å². The lowest BCUT2D eigenvalue weighted by atomic mass is 9.69. The Bertz CT molecular complexity index is 1480. The molecule has 1 saturated carbocycles. The van der Waals surface area contributed by atoms with Crippen LogP contribution in [0.5, 0.6) is 0 Å². The number of nitrogens with one attached hydrogen (secondary N) is 2. The van der Waals surface area contributed by atoms with Crippen LogP contribution in [0.25, 0.3) is 5.65 Å². The number of imidazole rings is 1. The smallest absolute Gasteiger partial charge is 0.384 e. The number of hydrogen-bond acceptors (Lipinski definition) is 8. The van der Waals surface area contributed by atoms with Crippen molar-refractivity contribution in [1.82, 2.24) is 35.5 Å². The number of hydrogen-bond donors (Lipinski definition) is 3. The van der Waals surface area contributed by atoms with Crippen molar-refractivity contribution in [2.75, 3.05) is 0 Å². The van der Waals surface area contributed by atoms with E-state index in [-0.39, 0.29) is 54.0 Å². The minimum atomic E-state index is -4.69. The Morgan fingerprint density at radius 3 is 2.54 bits per heavy atom. The second-order valence-electron chi connectivity index (χ2n) is 11.2. The van der Waals surface area contributed by atoms with Crippen molar-refractivity contribution in [3.8, 4) is 0 Å². The quantitative estimate of drug-likeness (QED) is 0.373. The fourth-order valence-corrected chi connectivity index (χ4v) is 5.59. The Kier molecular flexibility index (Phi) is 6.82. The molecule has 41 heavy (non-hydrogen) atoms. The van der Waals surface area contributed by atoms with Crippen LogP contribution in [-0.2, 0) is 10.4 Å². The van der Waals surface area contributed by atoms with Crippen LogP contribution in [-0.4, -0.2) is 60.0 Å². The average Bonchev–Trinajstić information content (AvgIpc) is 3.59. The summed E-state index contributed by atoms with van der Waals surface area (Å²) >= 11 is 0. The van der Waals surface area contributed by atoms with Gasteiger partial charge in [-0.1, -0.05) is 5.16 Å². The largest absolute Gasteiger partial charge is 0.408 e. The molecule has 11 nitrogen and oxygen atoms in total. The molecular formula is C25H28F5N7O4. The van der Waals surface area contributed by atoms with Crippen LogP contribution >= 0.6 is 0 Å². The molecule has 16 heteroatoms. The fraction of sp³-hybridized carbons (Fsp3) is 0.600. The number of fused-ring (bicyclic) bond motifs is 1. The Balaban J connectivity index is 1.47. The summed E-state index contributed by atoms with van der Waals surface area (Å²) < 4.78 is 73.8. The summed E-state index contributed by atoms with van der Waals surface area (Å²) in [5, 5.41) is 27.5. The highest BCUT2D eigenvalue weighted by atomic mass is 19.4. The highest BCUT2D eigenvalue weighted by Crippen LogP contribution is 2.49. The molecule has 0 bridgehead atoms. The van der Waals surface area contributed by atoms with E-state index in [0.717, 1.165) is 0 Å². The maximum Gasteiger partial charge on any atom is 0.408 e. The number of aromatic nitrogens is 5. The molecule has 5 rings (SSSR count). The summed E-state index contributed by atoms with van der Waals surface area (Å²) in [5.74, 6) is -4.82. The first-order chi connectivity index (χ1) is 19.0. The van der Waals surface area contributed by atoms with Gasteiger partial charge >= 0.3 is 6.18 Å². The van der Waals surface area contributed by atoms with Gasteiger partial charge in [-0.3, -0.25) is 9.59 Å². The van der Waals surface area contributed by atoms with Crippen LogP contribution < -0.4 is 10.6 Å². The van der Waals surface area contributed by atoms with E-state index in [1.165, 1.54) is 43.7 Å². The number of aryl methyl sites for hydroxylation is 1. The van der Waals surface area contributed by atoms with Crippen LogP contribution in [0.1, 0.15) is 79.4 Å². The van der Waals surface area contributed by atoms with Crippen molar-refractivity contribution in [2.45, 2.75) is 82.7 Å². The van der Waals surface area contributed by atoms with E-state index in [1.807, 2.05) is 5.32 Å². The normalized spacial score (nSPS) is 25.6. The molecule has 3 aromatic heterocycles. The van der Waals surface area contributed by atoms with Crippen LogP contribution in [0.4, 0.5) is 22.0 Å². The molecule has 1 saturated heterocycles. The third-order valence-electron chi connectivity index (χ3n) is 8.50. The molecule has 1 aliphatic carbocycles. The Morgan fingerprint density at radius 2 is 1.95 bits per heavy atom. The van der Waals surface area contributed by atoms with Crippen molar-refractivity contribution >= 4 is 17.5 Å². The lowest BCUT2D eigenvalue weighted by Crippen LogP contribution is -2.46. The number of aliphatic hydroxyl groups is 1. The Hall–Kier alpha value is -3.69. The molecule has 0 unspecified atom stereocenters. The standard InChI is InChI=1S/C25H28F5N7O4/c1-12-18(36-41-35-12)20(38)34-19(13-4-6-24(26,27)7-5-13)15-11-37-17(32-15)8-14(10-31-37)23(3,40)22(2)9-16(25(28,29)30)33-21(22)39/h8,10-11,13,16,19,40H,4-7,9H2,1-3H3,(H,33,39)(H,34,38)/t16-,19-,22-,23+/m0/s1. The molecule has 2 aliphatic rings. The van der Waals surface area contributed by atoms with E-state index >= 15 is 0 Å². The van der Waals surface area contributed by atoms with E-state index in [2.05, 4.69) is 30.3 Å². The molecular weight excluding hydrogens is 557 g/mol. The second kappa shape index (κ2) is 9.70. The molecule has 0 spiro atoms. The van der Waals surface area contributed by atoms with Gasteiger partial charge in [-0.25, -0.2) is 22.9 Å². The van der Waals surface area contributed by atoms with E-state index in [4.69, 9.17) is 0 Å². The molecule has 222 valence electrons. The maximum absolute atomic E-state index is 13.9. The van der Waals surface area contributed by atoms with Gasteiger partial charge in [-0.2, -0.15) is 18.3 Å². The third-order valence-corrected chi connectivity index (χ3v) is 8.50. The highest BCUT2D eigenvalue weighted by Gasteiger charge is 2.60. The van der Waals surface area contributed by atoms with E-state index in [1.54, 1.807) is 0 Å². The number of amides is 2. The SMILES string of the molecule is Cc1nonc1C(=O)N[C@H](c1cn2ncc([C@@](C)(O)[C@@]3(C)C[C@@H](C(F)(F)F)NC3=O)cc2n1)C1CCC(F)(F)CC1. The van der Waals surface area contributed by atoms with Crippen molar-refractivity contribution in [2.24, 2.45) is 11.3 Å². The van der Waals surface area contributed by atoms with Gasteiger partial charge in [0.15, 0.2) is 11.3 Å². The molecule has 0 aromatic carbocycles. The van der Waals surface area contributed by atoms with Gasteiger partial charge in [0.25, 0.3) is 5.91 Å². The monoisotopic (exact) mass is 585 g/mol. The minimum absolute atomic E-state index is 0.0461. The van der Waals surface area contributed by atoms with E-state index in [0.29, 0.717) is 0 Å². The van der Waals surface area contributed by atoms with E-state index < -0.39 is 59.4 Å². The highest BCUT2D eigenvalue weighted by molar-refractivity contribution is 5.93. The van der Waals surface area contributed by atoms with Gasteiger partial charge in [-0.15, -0.1) is 0 Å². The fourth-order valence-electron chi connectivity index (χ4n) is 5.59. The Morgan fingerprint density at radius 1 is 1.27 bits per heavy atom. The molecule has 3 aromatic rings. The van der Waals surface area contributed by atoms with Gasteiger partial charge in [0.05, 0.1) is 29.5 Å². The first-order valence-electron chi connectivity index (χ1n) is 13.0. The summed E-state index contributed by atoms with van der Waals surface area (Å²) in [6.45, 7) is 4.01. The lowest BCUT2D eigenvalue weighted by Gasteiger charge is -2.37. The van der Waals surface area contributed by atoms with Gasteiger partial charge < -0.3 is 15.7 Å². The summed E-state index contributed by atoms with van der Waals surface area (Å²) in [5.41, 5.74) is -3.26. The van der Waals surface area contributed by atoms with Crippen LogP contribution in [0, 0.1) is 18.3 Å². The molecule has 4 heterocycles. The lowest BCUT2D eigenvalue weighted by molar-refractivity contribution is -0.157. The first-order valence-corrected chi connectivity index (χ1v) is 13.0. The van der Waals surface area contributed by atoms with Gasteiger partial charge in [0.1, 0.15) is 17.3 Å². The van der Waals surface area contributed by atoms with Crippen LogP contribution in [0.3, 0.4) is 0 Å². The van der Waals surface area contributed by atoms with Crippen LogP contribution in [0.2, 0.25) is 0 Å².